The van der Waals surface area contributed by atoms with Gasteiger partial charge in [0.2, 0.25) is 0 Å². The van der Waals surface area contributed by atoms with Gasteiger partial charge < -0.3 is 10.2 Å². The van der Waals surface area contributed by atoms with Gasteiger partial charge in [0.1, 0.15) is 0 Å². The van der Waals surface area contributed by atoms with Gasteiger partial charge in [0.25, 0.3) is 0 Å². The van der Waals surface area contributed by atoms with Crippen LogP contribution in [0.25, 0.3) is 0 Å². The summed E-state index contributed by atoms with van der Waals surface area (Å²) < 4.78 is 0. The number of hydrogen-bond acceptors (Lipinski definition) is 2. The molecule has 0 amide bonds. The van der Waals surface area contributed by atoms with E-state index in [1.807, 2.05) is 0 Å². The normalized spacial score (nSPS) is 31.2. The molecule has 0 saturated heterocycles. The molecule has 1 aromatic carbocycles. The van der Waals surface area contributed by atoms with Crippen LogP contribution in [0.5, 0.6) is 0 Å². The summed E-state index contributed by atoms with van der Waals surface area (Å²) in [5.41, 5.74) is 3.23. The van der Waals surface area contributed by atoms with E-state index < -0.39 is 0 Å². The molecule has 0 aromatic heterocycles. The second-order valence-corrected chi connectivity index (χ2v) is 7.47. The fourth-order valence-electron chi connectivity index (χ4n) is 4.59. The maximum atomic E-state index is 3.93. The summed E-state index contributed by atoms with van der Waals surface area (Å²) in [5.74, 6) is 1.73. The average Bonchev–Trinajstić information content (AvgIpc) is 3.26. The minimum Gasteiger partial charge on any atom is -0.312 e. The second-order valence-electron chi connectivity index (χ2n) is 7.47. The molecular weight excluding hydrogens is 256 g/mol. The van der Waals surface area contributed by atoms with E-state index in [9.17, 15) is 0 Å². The Morgan fingerprint density at radius 3 is 2.19 bits per heavy atom. The smallest absolute Gasteiger partial charge is 0.0130 e. The van der Waals surface area contributed by atoms with Gasteiger partial charge in [-0.05, 0) is 68.5 Å². The molecule has 21 heavy (non-hydrogen) atoms. The number of hydrogen-bond donors (Lipinski definition) is 1. The third-order valence-electron chi connectivity index (χ3n) is 6.02. The molecule has 2 bridgehead atoms. The average molecular weight is 284 g/mol. The summed E-state index contributed by atoms with van der Waals surface area (Å²) in [6, 6.07) is 10.8. The first-order chi connectivity index (χ1) is 10.3. The van der Waals surface area contributed by atoms with Crippen molar-refractivity contribution in [3.63, 3.8) is 0 Å². The van der Waals surface area contributed by atoms with Crippen molar-refractivity contribution in [2.75, 3.05) is 20.1 Å². The van der Waals surface area contributed by atoms with E-state index in [1.54, 1.807) is 11.1 Å². The summed E-state index contributed by atoms with van der Waals surface area (Å²) in [4.78, 5) is 2.54. The Kier molecular flexibility index (Phi) is 3.76. The van der Waals surface area contributed by atoms with E-state index in [0.29, 0.717) is 0 Å². The van der Waals surface area contributed by atoms with Crippen molar-refractivity contribution >= 4 is 0 Å². The van der Waals surface area contributed by atoms with Crippen molar-refractivity contribution in [2.24, 2.45) is 11.8 Å². The van der Waals surface area contributed by atoms with Crippen LogP contribution in [-0.2, 0) is 12.8 Å². The van der Waals surface area contributed by atoms with Crippen LogP contribution in [0.1, 0.15) is 36.8 Å². The molecule has 1 aromatic rings. The lowest BCUT2D eigenvalue weighted by Gasteiger charge is -2.25. The SMILES string of the molecule is CN(CCNC1C2CCC1Cc1ccccc1C2)C1CC1. The first-order valence-corrected chi connectivity index (χ1v) is 8.81. The zero-order valence-electron chi connectivity index (χ0n) is 13.2. The van der Waals surface area contributed by atoms with E-state index in [4.69, 9.17) is 0 Å². The standard InChI is InChI=1S/C19H28N2/c1-21(18-8-9-18)11-10-20-19-16-6-7-17(19)13-15-5-3-2-4-14(15)12-16/h2-5,16-20H,6-13H2,1H3. The van der Waals surface area contributed by atoms with Gasteiger partial charge in [0.05, 0.1) is 0 Å². The molecule has 2 fully saturated rings. The summed E-state index contributed by atoms with van der Waals surface area (Å²) in [7, 11) is 2.29. The maximum Gasteiger partial charge on any atom is 0.0130 e. The Bertz CT molecular complexity index is 461. The number of nitrogens with one attached hydrogen (secondary N) is 1. The zero-order chi connectivity index (χ0) is 14.2. The van der Waals surface area contributed by atoms with E-state index in [1.165, 1.54) is 51.6 Å². The van der Waals surface area contributed by atoms with Crippen molar-refractivity contribution in [1.29, 1.82) is 0 Å². The highest BCUT2D eigenvalue weighted by molar-refractivity contribution is 5.30. The van der Waals surface area contributed by atoms with Crippen molar-refractivity contribution < 1.29 is 0 Å². The number of rotatable bonds is 5. The highest BCUT2D eigenvalue weighted by Gasteiger charge is 2.38. The molecule has 0 heterocycles. The van der Waals surface area contributed by atoms with Crippen LogP contribution in [0.2, 0.25) is 0 Å². The molecule has 1 N–H and O–H groups in total. The van der Waals surface area contributed by atoms with E-state index in [-0.39, 0.29) is 0 Å². The molecule has 2 unspecified atom stereocenters. The summed E-state index contributed by atoms with van der Waals surface area (Å²) in [6.45, 7) is 2.38. The predicted octanol–water partition coefficient (Wildman–Crippen LogP) is 2.86. The Morgan fingerprint density at radius 1 is 1.00 bits per heavy atom. The van der Waals surface area contributed by atoms with Gasteiger partial charge >= 0.3 is 0 Å². The molecular formula is C19H28N2. The molecule has 0 aliphatic heterocycles. The van der Waals surface area contributed by atoms with Crippen molar-refractivity contribution in [3.05, 3.63) is 35.4 Å². The highest BCUT2D eigenvalue weighted by atomic mass is 15.2. The van der Waals surface area contributed by atoms with Gasteiger partial charge in [-0.25, -0.2) is 0 Å². The van der Waals surface area contributed by atoms with Crippen LogP contribution in [0, 0.1) is 11.8 Å². The van der Waals surface area contributed by atoms with Crippen molar-refractivity contribution in [2.45, 2.75) is 50.6 Å². The number of benzene rings is 1. The largest absolute Gasteiger partial charge is 0.312 e. The third-order valence-corrected chi connectivity index (χ3v) is 6.02. The molecule has 114 valence electrons. The van der Waals surface area contributed by atoms with Gasteiger partial charge in [-0.3, -0.25) is 0 Å². The number of fused-ring (bicyclic) bond motifs is 3. The Morgan fingerprint density at radius 2 is 1.62 bits per heavy atom. The van der Waals surface area contributed by atoms with E-state index in [2.05, 4.69) is 41.5 Å². The summed E-state index contributed by atoms with van der Waals surface area (Å²) in [6.07, 6.45) is 8.27. The Balaban J connectivity index is 1.38. The molecule has 2 atom stereocenters. The molecule has 2 nitrogen and oxygen atoms in total. The first-order valence-electron chi connectivity index (χ1n) is 8.81. The minimum atomic E-state index is 0.755. The topological polar surface area (TPSA) is 15.3 Å². The van der Waals surface area contributed by atoms with E-state index >= 15 is 0 Å². The van der Waals surface area contributed by atoms with Crippen molar-refractivity contribution in [3.8, 4) is 0 Å². The lowest BCUT2D eigenvalue weighted by Crippen LogP contribution is -2.42. The van der Waals surface area contributed by atoms with Crippen LogP contribution in [0.4, 0.5) is 0 Å². The minimum absolute atomic E-state index is 0.755. The quantitative estimate of drug-likeness (QED) is 0.894. The van der Waals surface area contributed by atoms with Crippen molar-refractivity contribution in [1.82, 2.24) is 10.2 Å². The fraction of sp³-hybridized carbons (Fsp3) is 0.684. The van der Waals surface area contributed by atoms with Gasteiger partial charge in [0, 0.05) is 25.2 Å². The van der Waals surface area contributed by atoms with E-state index in [0.717, 1.165) is 23.9 Å². The molecule has 3 aliphatic carbocycles. The second kappa shape index (κ2) is 5.73. The fourth-order valence-corrected chi connectivity index (χ4v) is 4.59. The van der Waals surface area contributed by atoms with Gasteiger partial charge in [-0.1, -0.05) is 24.3 Å². The molecule has 2 saturated carbocycles. The van der Waals surface area contributed by atoms with Crippen LogP contribution in [0.3, 0.4) is 0 Å². The van der Waals surface area contributed by atoms with Crippen LogP contribution < -0.4 is 5.32 Å². The lowest BCUT2D eigenvalue weighted by molar-refractivity contribution is 0.286. The first kappa shape index (κ1) is 13.8. The van der Waals surface area contributed by atoms with Crippen LogP contribution in [0.15, 0.2) is 24.3 Å². The van der Waals surface area contributed by atoms with Gasteiger partial charge in [-0.15, -0.1) is 0 Å². The highest BCUT2D eigenvalue weighted by Crippen LogP contribution is 2.39. The lowest BCUT2D eigenvalue weighted by atomic mass is 9.94. The number of likely N-dealkylation sites (N-methyl/N-ethyl adjacent to an activating group) is 1. The summed E-state index contributed by atoms with van der Waals surface area (Å²) in [5, 5.41) is 3.93. The monoisotopic (exact) mass is 284 g/mol. The van der Waals surface area contributed by atoms with Crippen LogP contribution >= 0.6 is 0 Å². The van der Waals surface area contributed by atoms with Gasteiger partial charge in [0.15, 0.2) is 0 Å². The maximum absolute atomic E-state index is 3.93. The van der Waals surface area contributed by atoms with Crippen LogP contribution in [-0.4, -0.2) is 37.1 Å². The molecule has 2 heteroatoms. The molecule has 3 aliphatic rings. The number of nitrogens with zero attached hydrogens (tertiary/aromatic N) is 1. The predicted molar refractivity (Wildman–Crippen MR) is 87.5 cm³/mol. The Labute approximate surface area is 128 Å². The molecule has 4 rings (SSSR count). The zero-order valence-corrected chi connectivity index (χ0v) is 13.2. The van der Waals surface area contributed by atoms with Gasteiger partial charge in [-0.2, -0.15) is 0 Å². The third kappa shape index (κ3) is 2.89. The molecule has 0 spiro atoms. The summed E-state index contributed by atoms with van der Waals surface area (Å²) >= 11 is 0. The Hall–Kier alpha value is -0.860. The molecule has 0 radical (unpaired) electrons.